The van der Waals surface area contributed by atoms with Gasteiger partial charge >= 0.3 is 0 Å². The highest BCUT2D eigenvalue weighted by Crippen LogP contribution is 2.25. The molecule has 6 nitrogen and oxygen atoms in total. The van der Waals surface area contributed by atoms with Gasteiger partial charge in [-0.2, -0.15) is 0 Å². The van der Waals surface area contributed by atoms with Crippen molar-refractivity contribution in [1.29, 1.82) is 0 Å². The third-order valence-corrected chi connectivity index (χ3v) is 4.14. The van der Waals surface area contributed by atoms with Crippen molar-refractivity contribution in [2.24, 2.45) is 0 Å². The predicted octanol–water partition coefficient (Wildman–Crippen LogP) is 4.45. The maximum absolute atomic E-state index is 12.6. The van der Waals surface area contributed by atoms with E-state index in [0.717, 1.165) is 17.9 Å². The van der Waals surface area contributed by atoms with Gasteiger partial charge in [0.2, 0.25) is 5.91 Å². The molecule has 3 rings (SSSR count). The summed E-state index contributed by atoms with van der Waals surface area (Å²) in [5, 5.41) is 5.54. The van der Waals surface area contributed by atoms with Crippen molar-refractivity contribution in [3.05, 3.63) is 78.6 Å². The van der Waals surface area contributed by atoms with E-state index in [1.807, 2.05) is 36.4 Å². The largest absolute Gasteiger partial charge is 0.340 e. The van der Waals surface area contributed by atoms with Crippen LogP contribution in [0.2, 0.25) is 0 Å². The summed E-state index contributed by atoms with van der Waals surface area (Å²) in [6, 6.07) is 18.7. The minimum Gasteiger partial charge on any atom is -0.340 e. The fraction of sp³-hybridized carbons (Fsp3) is 0.136. The number of nitrogens with zero attached hydrogens (tertiary/aromatic N) is 2. The minimum atomic E-state index is -0.245. The van der Waals surface area contributed by atoms with Crippen molar-refractivity contribution in [2.75, 3.05) is 22.1 Å². The number of carbonyl (C=O) groups is 2. The number of benzene rings is 2. The number of para-hydroxylation sites is 1. The smallest absolute Gasteiger partial charge is 0.257 e. The van der Waals surface area contributed by atoms with Crippen LogP contribution in [-0.4, -0.2) is 23.3 Å². The standard InChI is InChI=1S/C22H22N4O2/c1-3-26(20-7-5-4-6-8-20)21-13-17(14-23-15-21)22(28)25-19-11-9-18(10-12-19)24-16(2)27/h4-15H,3H2,1-2H3,(H,24,27)(H,25,28). The molecule has 0 saturated carbocycles. The first kappa shape index (κ1) is 19.1. The van der Waals surface area contributed by atoms with E-state index in [4.69, 9.17) is 0 Å². The summed E-state index contributed by atoms with van der Waals surface area (Å²) in [5.74, 6) is -0.385. The fourth-order valence-corrected chi connectivity index (χ4v) is 2.87. The monoisotopic (exact) mass is 374 g/mol. The summed E-state index contributed by atoms with van der Waals surface area (Å²) in [5.41, 5.74) is 3.67. The molecule has 0 aliphatic rings. The van der Waals surface area contributed by atoms with E-state index < -0.39 is 0 Å². The number of hydrogen-bond donors (Lipinski definition) is 2. The number of hydrogen-bond acceptors (Lipinski definition) is 4. The first-order chi connectivity index (χ1) is 13.6. The van der Waals surface area contributed by atoms with Crippen LogP contribution in [0, 0.1) is 0 Å². The van der Waals surface area contributed by atoms with Crippen LogP contribution in [0.3, 0.4) is 0 Å². The lowest BCUT2D eigenvalue weighted by atomic mass is 10.2. The molecule has 2 N–H and O–H groups in total. The third kappa shape index (κ3) is 4.73. The van der Waals surface area contributed by atoms with Crippen molar-refractivity contribution >= 4 is 34.6 Å². The number of nitrogens with one attached hydrogen (secondary N) is 2. The van der Waals surface area contributed by atoms with Gasteiger partial charge in [-0.15, -0.1) is 0 Å². The second-order valence-electron chi connectivity index (χ2n) is 6.22. The number of pyridine rings is 1. The topological polar surface area (TPSA) is 74.3 Å². The molecule has 0 unspecified atom stereocenters. The quantitative estimate of drug-likeness (QED) is 0.668. The van der Waals surface area contributed by atoms with E-state index in [2.05, 4.69) is 27.4 Å². The molecule has 0 aliphatic carbocycles. The SMILES string of the molecule is CCN(c1ccccc1)c1cncc(C(=O)Nc2ccc(NC(C)=O)cc2)c1. The van der Waals surface area contributed by atoms with Gasteiger partial charge < -0.3 is 15.5 Å². The zero-order chi connectivity index (χ0) is 19.9. The van der Waals surface area contributed by atoms with Crippen LogP contribution in [-0.2, 0) is 4.79 Å². The van der Waals surface area contributed by atoms with Crippen LogP contribution >= 0.6 is 0 Å². The average molecular weight is 374 g/mol. The van der Waals surface area contributed by atoms with E-state index in [1.165, 1.54) is 6.92 Å². The summed E-state index contributed by atoms with van der Waals surface area (Å²) in [7, 11) is 0. The zero-order valence-corrected chi connectivity index (χ0v) is 15.8. The molecular formula is C22H22N4O2. The number of anilines is 4. The molecule has 0 aliphatic heterocycles. The summed E-state index contributed by atoms with van der Waals surface area (Å²) in [6.45, 7) is 4.25. The first-order valence-electron chi connectivity index (χ1n) is 9.03. The van der Waals surface area contributed by atoms with E-state index in [-0.39, 0.29) is 11.8 Å². The maximum atomic E-state index is 12.6. The molecule has 142 valence electrons. The second-order valence-corrected chi connectivity index (χ2v) is 6.22. The number of aromatic nitrogens is 1. The molecule has 1 aromatic heterocycles. The Morgan fingerprint density at radius 3 is 2.14 bits per heavy atom. The Bertz CT molecular complexity index is 956. The van der Waals surface area contributed by atoms with Crippen molar-refractivity contribution in [1.82, 2.24) is 4.98 Å². The van der Waals surface area contributed by atoms with E-state index in [0.29, 0.717) is 16.9 Å². The second kappa shape index (κ2) is 8.81. The highest BCUT2D eigenvalue weighted by atomic mass is 16.2. The third-order valence-electron chi connectivity index (χ3n) is 4.14. The Hall–Kier alpha value is -3.67. The lowest BCUT2D eigenvalue weighted by molar-refractivity contribution is -0.114. The van der Waals surface area contributed by atoms with Gasteiger partial charge in [-0.25, -0.2) is 0 Å². The Morgan fingerprint density at radius 2 is 1.54 bits per heavy atom. The van der Waals surface area contributed by atoms with Crippen molar-refractivity contribution in [3.8, 4) is 0 Å². The van der Waals surface area contributed by atoms with Crippen LogP contribution in [0.25, 0.3) is 0 Å². The fourth-order valence-electron chi connectivity index (χ4n) is 2.87. The van der Waals surface area contributed by atoms with Gasteiger partial charge in [0.25, 0.3) is 5.91 Å². The van der Waals surface area contributed by atoms with Crippen LogP contribution in [0.15, 0.2) is 73.1 Å². The Balaban J connectivity index is 1.76. The van der Waals surface area contributed by atoms with E-state index in [9.17, 15) is 9.59 Å². The average Bonchev–Trinajstić information content (AvgIpc) is 2.71. The van der Waals surface area contributed by atoms with Gasteiger partial charge in [-0.05, 0) is 49.4 Å². The Labute approximate surface area is 164 Å². The minimum absolute atomic E-state index is 0.140. The van der Waals surface area contributed by atoms with Gasteiger partial charge in [0, 0.05) is 36.7 Å². The van der Waals surface area contributed by atoms with Gasteiger partial charge in [0.05, 0.1) is 17.4 Å². The van der Waals surface area contributed by atoms with Gasteiger partial charge in [0.15, 0.2) is 0 Å². The van der Waals surface area contributed by atoms with Crippen LogP contribution in [0.1, 0.15) is 24.2 Å². The molecule has 2 amide bonds. The first-order valence-corrected chi connectivity index (χ1v) is 9.03. The molecule has 2 aromatic carbocycles. The molecular weight excluding hydrogens is 352 g/mol. The summed E-state index contributed by atoms with van der Waals surface area (Å²) >= 11 is 0. The van der Waals surface area contributed by atoms with E-state index in [1.54, 1.807) is 36.7 Å². The van der Waals surface area contributed by atoms with Gasteiger partial charge in [0.1, 0.15) is 0 Å². The van der Waals surface area contributed by atoms with Gasteiger partial charge in [-0.3, -0.25) is 14.6 Å². The van der Waals surface area contributed by atoms with Crippen molar-refractivity contribution < 1.29 is 9.59 Å². The Morgan fingerprint density at radius 1 is 0.893 bits per heavy atom. The van der Waals surface area contributed by atoms with Gasteiger partial charge in [-0.1, -0.05) is 18.2 Å². The Kier molecular flexibility index (Phi) is 6.01. The molecule has 0 saturated heterocycles. The number of rotatable bonds is 6. The normalized spacial score (nSPS) is 10.2. The lowest BCUT2D eigenvalue weighted by Gasteiger charge is -2.23. The molecule has 0 fully saturated rings. The van der Waals surface area contributed by atoms with E-state index >= 15 is 0 Å². The summed E-state index contributed by atoms with van der Waals surface area (Å²) in [4.78, 5) is 30.0. The van der Waals surface area contributed by atoms with Crippen molar-refractivity contribution in [2.45, 2.75) is 13.8 Å². The zero-order valence-electron chi connectivity index (χ0n) is 15.8. The maximum Gasteiger partial charge on any atom is 0.257 e. The number of carbonyl (C=O) groups excluding carboxylic acids is 2. The molecule has 0 atom stereocenters. The molecule has 0 spiro atoms. The van der Waals surface area contributed by atoms with Crippen LogP contribution in [0.4, 0.5) is 22.7 Å². The molecule has 6 heteroatoms. The highest BCUT2D eigenvalue weighted by molar-refractivity contribution is 6.04. The molecule has 1 heterocycles. The lowest BCUT2D eigenvalue weighted by Crippen LogP contribution is -2.18. The van der Waals surface area contributed by atoms with Crippen LogP contribution < -0.4 is 15.5 Å². The highest BCUT2D eigenvalue weighted by Gasteiger charge is 2.12. The molecule has 0 bridgehead atoms. The molecule has 0 radical (unpaired) electrons. The molecule has 3 aromatic rings. The summed E-state index contributed by atoms with van der Waals surface area (Å²) in [6.07, 6.45) is 3.29. The number of amides is 2. The summed E-state index contributed by atoms with van der Waals surface area (Å²) < 4.78 is 0. The van der Waals surface area contributed by atoms with Crippen molar-refractivity contribution in [3.63, 3.8) is 0 Å². The predicted molar refractivity (Wildman–Crippen MR) is 112 cm³/mol. The molecule has 28 heavy (non-hydrogen) atoms. The van der Waals surface area contributed by atoms with Crippen LogP contribution in [0.5, 0.6) is 0 Å².